The molecule has 0 fully saturated rings. The highest BCUT2D eigenvalue weighted by Crippen LogP contribution is 2.48. The van der Waals surface area contributed by atoms with Crippen LogP contribution in [0.4, 0.5) is 0 Å². The summed E-state index contributed by atoms with van der Waals surface area (Å²) in [6.07, 6.45) is 0. The molecule has 0 aliphatic rings. The summed E-state index contributed by atoms with van der Waals surface area (Å²) in [5.41, 5.74) is 2.96. The maximum atomic E-state index is 14.6. The molecule has 30 heavy (non-hydrogen) atoms. The SMILES string of the molecule is COc1ccc(/C(=C/P(=O)(c2ccccc2)c2ccccc2)c2ccccc2)cc1. The van der Waals surface area contributed by atoms with Gasteiger partial charge in [0.1, 0.15) is 5.75 Å². The molecule has 0 saturated carbocycles. The van der Waals surface area contributed by atoms with Crippen molar-refractivity contribution in [2.45, 2.75) is 0 Å². The fraction of sp³-hybridized carbons (Fsp3) is 0.0370. The Kier molecular flexibility index (Phi) is 5.97. The highest BCUT2D eigenvalue weighted by Gasteiger charge is 2.26. The number of hydrogen-bond donors (Lipinski definition) is 0. The van der Waals surface area contributed by atoms with Gasteiger partial charge in [0.25, 0.3) is 0 Å². The number of methoxy groups -OCH3 is 1. The first-order chi connectivity index (χ1) is 14.7. The van der Waals surface area contributed by atoms with Gasteiger partial charge in [0.15, 0.2) is 7.14 Å². The summed E-state index contributed by atoms with van der Waals surface area (Å²) in [6, 6.07) is 37.4. The number of hydrogen-bond acceptors (Lipinski definition) is 2. The van der Waals surface area contributed by atoms with Crippen molar-refractivity contribution < 1.29 is 9.30 Å². The number of benzene rings is 4. The predicted octanol–water partition coefficient (Wildman–Crippen LogP) is 6.10. The van der Waals surface area contributed by atoms with Gasteiger partial charge >= 0.3 is 0 Å². The van der Waals surface area contributed by atoms with E-state index in [1.165, 1.54) is 0 Å². The van der Waals surface area contributed by atoms with Gasteiger partial charge in [-0.25, -0.2) is 0 Å². The van der Waals surface area contributed by atoms with E-state index in [1.807, 2.05) is 109 Å². The Labute approximate surface area is 177 Å². The van der Waals surface area contributed by atoms with E-state index in [9.17, 15) is 4.57 Å². The Morgan fingerprint density at radius 3 is 1.53 bits per heavy atom. The van der Waals surface area contributed by atoms with Crippen LogP contribution >= 0.6 is 7.14 Å². The van der Waals surface area contributed by atoms with E-state index in [1.54, 1.807) is 7.11 Å². The van der Waals surface area contributed by atoms with Crippen LogP contribution in [0.5, 0.6) is 5.75 Å². The smallest absolute Gasteiger partial charge is 0.164 e. The third-order valence-corrected chi connectivity index (χ3v) is 7.83. The van der Waals surface area contributed by atoms with Crippen molar-refractivity contribution in [2.24, 2.45) is 0 Å². The van der Waals surface area contributed by atoms with E-state index >= 15 is 0 Å². The second kappa shape index (κ2) is 8.98. The Hall–Kier alpha value is -3.35. The summed E-state index contributed by atoms with van der Waals surface area (Å²) in [7, 11) is -1.37. The molecule has 0 aromatic heterocycles. The van der Waals surface area contributed by atoms with E-state index in [0.717, 1.165) is 33.1 Å². The molecular formula is C27H23O2P. The molecule has 0 saturated heterocycles. The van der Waals surface area contributed by atoms with Crippen molar-refractivity contribution in [3.8, 4) is 5.75 Å². The molecule has 0 N–H and O–H groups in total. The van der Waals surface area contributed by atoms with E-state index in [4.69, 9.17) is 4.74 Å². The molecule has 4 aromatic rings. The molecule has 0 amide bonds. The lowest BCUT2D eigenvalue weighted by Crippen LogP contribution is -2.14. The molecule has 0 heterocycles. The van der Waals surface area contributed by atoms with Crippen LogP contribution in [0.1, 0.15) is 11.1 Å². The van der Waals surface area contributed by atoms with Gasteiger partial charge in [0, 0.05) is 10.6 Å². The molecule has 2 nitrogen and oxygen atoms in total. The molecule has 4 rings (SSSR count). The van der Waals surface area contributed by atoms with Gasteiger partial charge in [0.05, 0.1) is 7.11 Å². The van der Waals surface area contributed by atoms with Gasteiger partial charge in [0.2, 0.25) is 0 Å². The zero-order valence-electron chi connectivity index (χ0n) is 16.8. The highest BCUT2D eigenvalue weighted by atomic mass is 31.2. The van der Waals surface area contributed by atoms with Crippen LogP contribution in [-0.2, 0) is 4.57 Å². The molecule has 0 atom stereocenters. The molecule has 0 bridgehead atoms. The fourth-order valence-electron chi connectivity index (χ4n) is 3.48. The first-order valence-electron chi connectivity index (χ1n) is 9.84. The highest BCUT2D eigenvalue weighted by molar-refractivity contribution is 7.81. The Morgan fingerprint density at radius 1 is 0.633 bits per heavy atom. The van der Waals surface area contributed by atoms with Crippen molar-refractivity contribution in [3.63, 3.8) is 0 Å². The minimum atomic E-state index is -3.02. The van der Waals surface area contributed by atoms with Crippen molar-refractivity contribution >= 4 is 23.3 Å². The zero-order chi connectivity index (χ0) is 20.8. The Bertz CT molecular complexity index is 1120. The molecule has 4 aromatic carbocycles. The molecule has 3 heteroatoms. The molecule has 0 aliphatic heterocycles. The van der Waals surface area contributed by atoms with Crippen LogP contribution in [0.15, 0.2) is 121 Å². The molecular weight excluding hydrogens is 387 g/mol. The Balaban J connectivity index is 1.96. The second-order valence-corrected chi connectivity index (χ2v) is 9.57. The minimum Gasteiger partial charge on any atom is -0.497 e. The van der Waals surface area contributed by atoms with Crippen LogP contribution in [0.25, 0.3) is 5.57 Å². The second-order valence-electron chi connectivity index (χ2n) is 6.97. The maximum Gasteiger partial charge on any atom is 0.164 e. The lowest BCUT2D eigenvalue weighted by Gasteiger charge is -2.19. The predicted molar refractivity (Wildman–Crippen MR) is 126 cm³/mol. The van der Waals surface area contributed by atoms with E-state index in [2.05, 4.69) is 12.1 Å². The van der Waals surface area contributed by atoms with E-state index in [-0.39, 0.29) is 0 Å². The van der Waals surface area contributed by atoms with Gasteiger partial charge in [-0.3, -0.25) is 0 Å². The quantitative estimate of drug-likeness (QED) is 0.359. The van der Waals surface area contributed by atoms with E-state index < -0.39 is 7.14 Å². The van der Waals surface area contributed by atoms with Crippen LogP contribution in [0.2, 0.25) is 0 Å². The summed E-state index contributed by atoms with van der Waals surface area (Å²) in [4.78, 5) is 0. The van der Waals surface area contributed by atoms with Crippen LogP contribution in [0.3, 0.4) is 0 Å². The summed E-state index contributed by atoms with van der Waals surface area (Å²) < 4.78 is 19.9. The van der Waals surface area contributed by atoms with Gasteiger partial charge < -0.3 is 9.30 Å². The molecule has 148 valence electrons. The Morgan fingerprint density at radius 2 is 1.07 bits per heavy atom. The largest absolute Gasteiger partial charge is 0.497 e. The molecule has 0 radical (unpaired) electrons. The van der Waals surface area contributed by atoms with Crippen LogP contribution in [-0.4, -0.2) is 7.11 Å². The standard InChI is InChI=1S/C27H23O2P/c1-29-24-19-17-23(18-20-24)27(22-11-5-2-6-12-22)21-30(28,25-13-7-3-8-14-25)26-15-9-4-10-16-26/h2-21H,1H3/b27-21+. The minimum absolute atomic E-state index is 0.792. The van der Waals surface area contributed by atoms with Gasteiger partial charge in [-0.05, 0) is 34.6 Å². The first kappa shape index (κ1) is 19.9. The topological polar surface area (TPSA) is 26.3 Å². The first-order valence-corrected chi connectivity index (χ1v) is 11.6. The molecule has 0 spiro atoms. The summed E-state index contributed by atoms with van der Waals surface area (Å²) in [6.45, 7) is 0. The summed E-state index contributed by atoms with van der Waals surface area (Å²) >= 11 is 0. The summed E-state index contributed by atoms with van der Waals surface area (Å²) in [5, 5.41) is 1.64. The van der Waals surface area contributed by atoms with Crippen molar-refractivity contribution in [3.05, 3.63) is 132 Å². The van der Waals surface area contributed by atoms with Gasteiger partial charge in [-0.1, -0.05) is 103 Å². The number of ether oxygens (including phenoxy) is 1. The van der Waals surface area contributed by atoms with Gasteiger partial charge in [-0.2, -0.15) is 0 Å². The third-order valence-electron chi connectivity index (χ3n) is 5.08. The average Bonchev–Trinajstić information content (AvgIpc) is 2.84. The third kappa shape index (κ3) is 4.15. The summed E-state index contributed by atoms with van der Waals surface area (Å²) in [5.74, 6) is 2.75. The van der Waals surface area contributed by atoms with E-state index in [0.29, 0.717) is 0 Å². The maximum absolute atomic E-state index is 14.6. The number of rotatable bonds is 6. The molecule has 0 unspecified atom stereocenters. The van der Waals surface area contributed by atoms with Crippen molar-refractivity contribution in [1.29, 1.82) is 0 Å². The zero-order valence-corrected chi connectivity index (χ0v) is 17.7. The van der Waals surface area contributed by atoms with Crippen LogP contribution in [0, 0.1) is 0 Å². The molecule has 0 aliphatic carbocycles. The van der Waals surface area contributed by atoms with Crippen molar-refractivity contribution in [1.82, 2.24) is 0 Å². The lowest BCUT2D eigenvalue weighted by atomic mass is 10.00. The van der Waals surface area contributed by atoms with Gasteiger partial charge in [-0.15, -0.1) is 0 Å². The monoisotopic (exact) mass is 410 g/mol. The normalized spacial score (nSPS) is 11.8. The van der Waals surface area contributed by atoms with Crippen LogP contribution < -0.4 is 15.3 Å². The lowest BCUT2D eigenvalue weighted by molar-refractivity contribution is 0.415. The average molecular weight is 410 g/mol. The van der Waals surface area contributed by atoms with Crippen molar-refractivity contribution in [2.75, 3.05) is 7.11 Å². The fourth-order valence-corrected chi connectivity index (χ4v) is 5.97.